The molecule has 0 aliphatic heterocycles. The van der Waals surface area contributed by atoms with Crippen molar-refractivity contribution in [2.24, 2.45) is 0 Å². The summed E-state index contributed by atoms with van der Waals surface area (Å²) in [6.45, 7) is 1.49. The predicted octanol–water partition coefficient (Wildman–Crippen LogP) is 3.34. The summed E-state index contributed by atoms with van der Waals surface area (Å²) in [7, 11) is 0. The Morgan fingerprint density at radius 3 is 2.50 bits per heavy atom. The van der Waals surface area contributed by atoms with Crippen molar-refractivity contribution < 1.29 is 48.9 Å². The van der Waals surface area contributed by atoms with Gasteiger partial charge in [0, 0.05) is 54.1 Å². The van der Waals surface area contributed by atoms with E-state index in [4.69, 9.17) is 5.73 Å². The van der Waals surface area contributed by atoms with Gasteiger partial charge in [-0.25, -0.2) is 0 Å². The van der Waals surface area contributed by atoms with Crippen LogP contribution in [0.1, 0.15) is 17.3 Å². The Kier molecular flexibility index (Phi) is 5.64. The fourth-order valence-corrected chi connectivity index (χ4v) is 1.35. The van der Waals surface area contributed by atoms with E-state index in [1.54, 1.807) is 18.2 Å². The molecule has 0 atom stereocenters. The summed E-state index contributed by atoms with van der Waals surface area (Å²) >= 11 is 3.17. The Hall–Kier alpha value is 0.612. The number of halogens is 1. The Morgan fingerprint density at radius 1 is 1.50 bits per heavy atom. The molecule has 0 saturated carbocycles. The molecular formula is C8H7AcBrNO-. The van der Waals surface area contributed by atoms with Crippen molar-refractivity contribution in [3.05, 3.63) is 34.0 Å². The van der Waals surface area contributed by atoms with Gasteiger partial charge in [-0.1, -0.05) is 34.1 Å². The first-order valence-electron chi connectivity index (χ1n) is 3.14. The van der Waals surface area contributed by atoms with Crippen LogP contribution in [0.5, 0.6) is 0 Å². The standard InChI is InChI=1S/C8H7BrNO.Ac/c1-5(11)6-3-2-4-7(10)8(6)9;/h2-4,10H,1H3;/q-1;. The van der Waals surface area contributed by atoms with Crippen LogP contribution >= 0.6 is 15.9 Å². The largest absolute Gasteiger partial charge is 0.698 e. The molecule has 0 spiro atoms. The molecule has 0 bridgehead atoms. The van der Waals surface area contributed by atoms with E-state index in [0.717, 1.165) is 0 Å². The zero-order valence-electron chi connectivity index (χ0n) is 6.60. The van der Waals surface area contributed by atoms with Gasteiger partial charge in [-0.15, -0.1) is 5.69 Å². The van der Waals surface area contributed by atoms with E-state index in [0.29, 0.717) is 15.7 Å². The zero-order valence-corrected chi connectivity index (χ0v) is 12.9. The average Bonchev–Trinajstić information content (AvgIpc) is 1.94. The first-order valence-corrected chi connectivity index (χ1v) is 3.93. The molecule has 4 heteroatoms. The van der Waals surface area contributed by atoms with E-state index in [9.17, 15) is 4.79 Å². The maximum atomic E-state index is 10.9. The van der Waals surface area contributed by atoms with Crippen molar-refractivity contribution in [3.63, 3.8) is 0 Å². The summed E-state index contributed by atoms with van der Waals surface area (Å²) < 4.78 is 0.576. The molecule has 0 saturated heterocycles. The van der Waals surface area contributed by atoms with Crippen LogP contribution < -0.4 is 0 Å². The van der Waals surface area contributed by atoms with Crippen LogP contribution in [0.25, 0.3) is 5.73 Å². The topological polar surface area (TPSA) is 40.9 Å². The normalized spacial score (nSPS) is 8.83. The van der Waals surface area contributed by atoms with Gasteiger partial charge >= 0.3 is 0 Å². The molecule has 0 heterocycles. The van der Waals surface area contributed by atoms with Gasteiger partial charge < -0.3 is 5.73 Å². The summed E-state index contributed by atoms with van der Waals surface area (Å²) in [4.78, 5) is 10.9. The van der Waals surface area contributed by atoms with Gasteiger partial charge in [0.15, 0.2) is 5.78 Å². The summed E-state index contributed by atoms with van der Waals surface area (Å²) in [6.07, 6.45) is 0. The van der Waals surface area contributed by atoms with Gasteiger partial charge in [-0.3, -0.25) is 4.79 Å². The number of ketones is 1. The number of benzene rings is 1. The predicted molar refractivity (Wildman–Crippen MR) is 48.1 cm³/mol. The van der Waals surface area contributed by atoms with Crippen LogP contribution in [0.4, 0.5) is 5.69 Å². The smallest absolute Gasteiger partial charge is 0.160 e. The maximum absolute atomic E-state index is 10.9. The van der Waals surface area contributed by atoms with E-state index in [1.165, 1.54) is 6.92 Å². The van der Waals surface area contributed by atoms with Crippen molar-refractivity contribution >= 4 is 27.4 Å². The Bertz CT molecular complexity index is 301. The van der Waals surface area contributed by atoms with Crippen molar-refractivity contribution in [2.75, 3.05) is 0 Å². The van der Waals surface area contributed by atoms with Crippen molar-refractivity contribution in [3.8, 4) is 0 Å². The number of nitrogens with one attached hydrogen (secondary N) is 1. The van der Waals surface area contributed by atoms with Gasteiger partial charge in [0.2, 0.25) is 0 Å². The van der Waals surface area contributed by atoms with Crippen molar-refractivity contribution in [2.45, 2.75) is 6.92 Å². The molecular weight excluding hydrogens is 433 g/mol. The molecule has 2 nitrogen and oxygen atoms in total. The summed E-state index contributed by atoms with van der Waals surface area (Å²) in [6, 6.07) is 5.03. The van der Waals surface area contributed by atoms with Crippen LogP contribution in [0.2, 0.25) is 0 Å². The fraction of sp³-hybridized carbons (Fsp3) is 0.125. The summed E-state index contributed by atoms with van der Waals surface area (Å²) in [5.74, 6) is -0.0222. The minimum absolute atomic E-state index is 0. The van der Waals surface area contributed by atoms with E-state index >= 15 is 0 Å². The molecule has 61 valence electrons. The van der Waals surface area contributed by atoms with E-state index in [2.05, 4.69) is 15.9 Å². The van der Waals surface area contributed by atoms with Gasteiger partial charge in [-0.05, 0) is 6.92 Å². The van der Waals surface area contributed by atoms with Crippen LogP contribution in [-0.4, -0.2) is 5.78 Å². The number of carbonyl (C=O) groups is 1. The second-order valence-electron chi connectivity index (χ2n) is 2.22. The Morgan fingerprint density at radius 2 is 2.08 bits per heavy atom. The van der Waals surface area contributed by atoms with Crippen LogP contribution in [0.3, 0.4) is 0 Å². The quantitative estimate of drug-likeness (QED) is 0.618. The zero-order chi connectivity index (χ0) is 8.43. The molecule has 0 amide bonds. The monoisotopic (exact) mass is 439 g/mol. The minimum Gasteiger partial charge on any atom is -0.698 e. The SMILES string of the molecule is CC(=O)c1cccc([NH-])c1Br.[Ac]. The summed E-state index contributed by atoms with van der Waals surface area (Å²) in [5, 5.41) is 0. The number of hydrogen-bond donors (Lipinski definition) is 0. The van der Waals surface area contributed by atoms with Crippen molar-refractivity contribution in [1.82, 2.24) is 0 Å². The molecule has 0 unspecified atom stereocenters. The van der Waals surface area contributed by atoms with Crippen LogP contribution in [0, 0.1) is 44.1 Å². The number of Topliss-reactive ketones (excluding diaryl/α,β-unsaturated/α-hetero) is 1. The third kappa shape index (κ3) is 2.83. The molecule has 1 aromatic rings. The number of carbonyl (C=O) groups excluding carboxylic acids is 1. The molecule has 0 aromatic heterocycles. The average molecular weight is 440 g/mol. The molecule has 1 rings (SSSR count). The van der Waals surface area contributed by atoms with Gasteiger partial charge in [0.25, 0.3) is 0 Å². The van der Waals surface area contributed by atoms with E-state index in [1.807, 2.05) is 0 Å². The minimum atomic E-state index is -0.0222. The number of hydrogen-bond acceptors (Lipinski definition) is 1. The van der Waals surface area contributed by atoms with Gasteiger partial charge in [0.05, 0.1) is 0 Å². The summed E-state index contributed by atoms with van der Waals surface area (Å²) in [5.41, 5.74) is 8.27. The van der Waals surface area contributed by atoms with Gasteiger partial charge in [0.1, 0.15) is 0 Å². The Labute approximate surface area is 116 Å². The molecule has 1 N–H and O–H groups in total. The maximum Gasteiger partial charge on any atom is 0.160 e. The second kappa shape index (κ2) is 5.36. The van der Waals surface area contributed by atoms with Gasteiger partial charge in [-0.2, -0.15) is 0 Å². The third-order valence-electron chi connectivity index (χ3n) is 1.38. The molecule has 0 aliphatic rings. The molecule has 0 aliphatic carbocycles. The van der Waals surface area contributed by atoms with Crippen LogP contribution in [-0.2, 0) is 0 Å². The second-order valence-corrected chi connectivity index (χ2v) is 3.02. The molecule has 1 radical (unpaired) electrons. The fourth-order valence-electron chi connectivity index (χ4n) is 0.804. The van der Waals surface area contributed by atoms with E-state index < -0.39 is 0 Å². The molecule has 0 fully saturated rings. The first kappa shape index (κ1) is 12.6. The third-order valence-corrected chi connectivity index (χ3v) is 2.23. The van der Waals surface area contributed by atoms with Crippen LogP contribution in [0.15, 0.2) is 22.7 Å². The first-order chi connectivity index (χ1) is 5.13. The Balaban J connectivity index is 0.00000121. The molecule has 12 heavy (non-hydrogen) atoms. The molecule has 1 aromatic carbocycles. The number of rotatable bonds is 1. The van der Waals surface area contributed by atoms with E-state index in [-0.39, 0.29) is 49.8 Å². The van der Waals surface area contributed by atoms with Crippen molar-refractivity contribution in [1.29, 1.82) is 0 Å².